The lowest BCUT2D eigenvalue weighted by molar-refractivity contribution is -0.123. The average molecular weight is 241 g/mol. The molecule has 0 rings (SSSR count). The van der Waals surface area contributed by atoms with E-state index in [0.717, 1.165) is 0 Å². The van der Waals surface area contributed by atoms with Crippen LogP contribution >= 0.6 is 0 Å². The van der Waals surface area contributed by atoms with Crippen molar-refractivity contribution in [3.8, 4) is 0 Å². The third kappa shape index (κ3) is 8.45. The predicted octanol–water partition coefficient (Wildman–Crippen LogP) is 0.181. The van der Waals surface area contributed by atoms with Gasteiger partial charge < -0.3 is 10.6 Å². The van der Waals surface area contributed by atoms with E-state index in [0.29, 0.717) is 6.54 Å². The van der Waals surface area contributed by atoms with Gasteiger partial charge in [0.2, 0.25) is 11.8 Å². The molecule has 0 radical (unpaired) electrons. The van der Waals surface area contributed by atoms with E-state index >= 15 is 0 Å². The Morgan fingerprint density at radius 2 is 1.94 bits per heavy atom. The lowest BCUT2D eigenvalue weighted by Gasteiger charge is -2.21. The number of hydrogen-bond acceptors (Lipinski definition) is 3. The summed E-state index contributed by atoms with van der Waals surface area (Å²) in [5, 5.41) is 8.32. The van der Waals surface area contributed by atoms with Crippen LogP contribution in [0.3, 0.4) is 0 Å². The lowest BCUT2D eigenvalue weighted by Crippen LogP contribution is -2.49. The van der Waals surface area contributed by atoms with Gasteiger partial charge in [-0.15, -0.1) is 6.58 Å². The van der Waals surface area contributed by atoms with Gasteiger partial charge in [0.15, 0.2) is 0 Å². The highest BCUT2D eigenvalue weighted by Crippen LogP contribution is 1.97. The zero-order valence-electron chi connectivity index (χ0n) is 11.1. The molecule has 0 aromatic carbocycles. The van der Waals surface area contributed by atoms with E-state index in [1.807, 2.05) is 20.8 Å². The zero-order chi connectivity index (χ0) is 13.5. The SMILES string of the molecule is C=CCNC(=O)C(C)NCC(=O)NC(C)(C)C. The van der Waals surface area contributed by atoms with Crippen LogP contribution < -0.4 is 16.0 Å². The van der Waals surface area contributed by atoms with Gasteiger partial charge in [0.1, 0.15) is 0 Å². The molecule has 0 aliphatic heterocycles. The van der Waals surface area contributed by atoms with Crippen LogP contribution in [0.25, 0.3) is 0 Å². The number of nitrogens with one attached hydrogen (secondary N) is 3. The molecule has 17 heavy (non-hydrogen) atoms. The fraction of sp³-hybridized carbons (Fsp3) is 0.667. The Hall–Kier alpha value is -1.36. The van der Waals surface area contributed by atoms with Crippen LogP contribution in [0.5, 0.6) is 0 Å². The maximum absolute atomic E-state index is 11.5. The fourth-order valence-electron chi connectivity index (χ4n) is 1.13. The Balaban J connectivity index is 3.91. The van der Waals surface area contributed by atoms with Gasteiger partial charge in [-0.2, -0.15) is 0 Å². The highest BCUT2D eigenvalue weighted by Gasteiger charge is 2.16. The first-order valence-corrected chi connectivity index (χ1v) is 5.69. The zero-order valence-corrected chi connectivity index (χ0v) is 11.1. The Morgan fingerprint density at radius 1 is 1.35 bits per heavy atom. The molecule has 0 aromatic heterocycles. The Bertz CT molecular complexity index is 282. The van der Waals surface area contributed by atoms with Gasteiger partial charge in [-0.25, -0.2) is 0 Å². The summed E-state index contributed by atoms with van der Waals surface area (Å²) < 4.78 is 0. The Labute approximate surface area is 103 Å². The van der Waals surface area contributed by atoms with Gasteiger partial charge in [-0.1, -0.05) is 6.08 Å². The molecule has 0 saturated heterocycles. The molecule has 2 amide bonds. The molecule has 0 aliphatic carbocycles. The summed E-state index contributed by atoms with van der Waals surface area (Å²) in [4.78, 5) is 22.9. The molecule has 0 fully saturated rings. The third-order valence-electron chi connectivity index (χ3n) is 1.90. The molecule has 0 heterocycles. The van der Waals surface area contributed by atoms with E-state index in [2.05, 4.69) is 22.5 Å². The van der Waals surface area contributed by atoms with Crippen molar-refractivity contribution < 1.29 is 9.59 Å². The van der Waals surface area contributed by atoms with Gasteiger partial charge in [0.05, 0.1) is 12.6 Å². The maximum atomic E-state index is 11.5. The largest absolute Gasteiger partial charge is 0.351 e. The van der Waals surface area contributed by atoms with Gasteiger partial charge in [0, 0.05) is 12.1 Å². The van der Waals surface area contributed by atoms with Crippen LogP contribution in [0, 0.1) is 0 Å². The van der Waals surface area contributed by atoms with Crippen molar-refractivity contribution in [2.75, 3.05) is 13.1 Å². The minimum Gasteiger partial charge on any atom is -0.351 e. The number of amides is 2. The molecule has 5 heteroatoms. The van der Waals surface area contributed by atoms with Crippen molar-refractivity contribution in [1.82, 2.24) is 16.0 Å². The topological polar surface area (TPSA) is 70.2 Å². The summed E-state index contributed by atoms with van der Waals surface area (Å²) in [5.41, 5.74) is -0.257. The smallest absolute Gasteiger partial charge is 0.237 e. The second-order valence-electron chi connectivity index (χ2n) is 4.93. The lowest BCUT2D eigenvalue weighted by atomic mass is 10.1. The molecule has 3 N–H and O–H groups in total. The number of carbonyl (C=O) groups excluding carboxylic acids is 2. The first kappa shape index (κ1) is 15.6. The van der Waals surface area contributed by atoms with Gasteiger partial charge in [0.25, 0.3) is 0 Å². The van der Waals surface area contributed by atoms with E-state index in [4.69, 9.17) is 0 Å². The molecule has 0 spiro atoms. The van der Waals surface area contributed by atoms with Crippen LogP contribution in [0.2, 0.25) is 0 Å². The third-order valence-corrected chi connectivity index (χ3v) is 1.90. The number of rotatable bonds is 6. The van der Waals surface area contributed by atoms with Crippen molar-refractivity contribution >= 4 is 11.8 Å². The molecule has 0 aliphatic rings. The molecular weight excluding hydrogens is 218 g/mol. The predicted molar refractivity (Wildman–Crippen MR) is 68.6 cm³/mol. The first-order chi connectivity index (χ1) is 7.76. The van der Waals surface area contributed by atoms with Crippen LogP contribution in [0.4, 0.5) is 0 Å². The van der Waals surface area contributed by atoms with E-state index < -0.39 is 6.04 Å². The average Bonchev–Trinajstić information content (AvgIpc) is 2.20. The summed E-state index contributed by atoms with van der Waals surface area (Å²) in [6.45, 7) is 11.5. The molecule has 0 saturated carbocycles. The van der Waals surface area contributed by atoms with Crippen molar-refractivity contribution in [2.24, 2.45) is 0 Å². The molecule has 5 nitrogen and oxygen atoms in total. The van der Waals surface area contributed by atoms with Crippen molar-refractivity contribution in [3.63, 3.8) is 0 Å². The van der Waals surface area contributed by atoms with Crippen molar-refractivity contribution in [2.45, 2.75) is 39.3 Å². The van der Waals surface area contributed by atoms with Gasteiger partial charge in [-0.05, 0) is 27.7 Å². The Kier molecular flexibility index (Phi) is 6.50. The standard InChI is InChI=1S/C12H23N3O2/c1-6-7-13-11(17)9(2)14-8-10(16)15-12(3,4)5/h6,9,14H,1,7-8H2,2-5H3,(H,13,17)(H,15,16). The second kappa shape index (κ2) is 7.06. The van der Waals surface area contributed by atoms with E-state index in [1.54, 1.807) is 13.0 Å². The summed E-state index contributed by atoms with van der Waals surface area (Å²) in [6.07, 6.45) is 1.61. The quantitative estimate of drug-likeness (QED) is 0.581. The van der Waals surface area contributed by atoms with Crippen molar-refractivity contribution in [1.29, 1.82) is 0 Å². The van der Waals surface area contributed by atoms with Crippen LogP contribution in [0.15, 0.2) is 12.7 Å². The normalized spacial score (nSPS) is 12.7. The fourth-order valence-corrected chi connectivity index (χ4v) is 1.13. The van der Waals surface area contributed by atoms with Crippen LogP contribution in [-0.4, -0.2) is 36.5 Å². The molecule has 1 unspecified atom stereocenters. The minimum atomic E-state index is -0.402. The summed E-state index contributed by atoms with van der Waals surface area (Å²) in [7, 11) is 0. The first-order valence-electron chi connectivity index (χ1n) is 5.69. The Morgan fingerprint density at radius 3 is 2.41 bits per heavy atom. The van der Waals surface area contributed by atoms with Crippen molar-refractivity contribution in [3.05, 3.63) is 12.7 Å². The van der Waals surface area contributed by atoms with Crippen LogP contribution in [-0.2, 0) is 9.59 Å². The molecule has 1 atom stereocenters. The second-order valence-corrected chi connectivity index (χ2v) is 4.93. The maximum Gasteiger partial charge on any atom is 0.237 e. The molecular formula is C12H23N3O2. The highest BCUT2D eigenvalue weighted by molar-refractivity contribution is 5.83. The van der Waals surface area contributed by atoms with Gasteiger partial charge >= 0.3 is 0 Å². The van der Waals surface area contributed by atoms with E-state index in [9.17, 15) is 9.59 Å². The minimum absolute atomic E-state index is 0.124. The number of carbonyl (C=O) groups is 2. The molecule has 98 valence electrons. The summed E-state index contributed by atoms with van der Waals surface area (Å²) in [5.74, 6) is -0.269. The monoisotopic (exact) mass is 241 g/mol. The van der Waals surface area contributed by atoms with Crippen LogP contribution in [0.1, 0.15) is 27.7 Å². The number of hydrogen-bond donors (Lipinski definition) is 3. The van der Waals surface area contributed by atoms with E-state index in [-0.39, 0.29) is 23.9 Å². The molecule has 0 bridgehead atoms. The summed E-state index contributed by atoms with van der Waals surface area (Å²) in [6, 6.07) is -0.402. The highest BCUT2D eigenvalue weighted by atomic mass is 16.2. The van der Waals surface area contributed by atoms with Gasteiger partial charge in [-0.3, -0.25) is 14.9 Å². The summed E-state index contributed by atoms with van der Waals surface area (Å²) >= 11 is 0. The van der Waals surface area contributed by atoms with E-state index in [1.165, 1.54) is 0 Å². The molecule has 0 aromatic rings.